The van der Waals surface area contributed by atoms with Gasteiger partial charge in [0.1, 0.15) is 23.8 Å². The van der Waals surface area contributed by atoms with Crippen LogP contribution in [-0.4, -0.2) is 83.1 Å². The molecule has 2 aromatic heterocycles. The Labute approximate surface area is 271 Å². The van der Waals surface area contributed by atoms with Gasteiger partial charge in [0, 0.05) is 55.3 Å². The minimum Gasteiger partial charge on any atom is -0.462 e. The fraction of sp³-hybridized carbons (Fsp3) is 0.438. The number of rotatable bonds is 7. The summed E-state index contributed by atoms with van der Waals surface area (Å²) in [4.78, 5) is 30.5. The van der Waals surface area contributed by atoms with Crippen molar-refractivity contribution in [1.82, 2.24) is 24.8 Å². The first-order valence-electron chi connectivity index (χ1n) is 15.0. The summed E-state index contributed by atoms with van der Waals surface area (Å²) < 4.78 is 81.8. The number of thiazole rings is 1. The number of hydrogen-bond acceptors (Lipinski definition) is 9. The van der Waals surface area contributed by atoms with Crippen LogP contribution in [0.4, 0.5) is 32.9 Å². The molecule has 250 valence electrons. The second-order valence-corrected chi connectivity index (χ2v) is 14.0. The van der Waals surface area contributed by atoms with Gasteiger partial charge in [-0.3, -0.25) is 9.69 Å². The molecule has 0 radical (unpaired) electrons. The standard InChI is InChI=1S/C32H34F5N7O2S/c1-6-22(45)44-10-9-16(13-44)43(5)28-19-11-20(32(35,36)37)23(18-7-8-21(33)27-26(18)39-29(38)47-27)24(34)25(19)40-30(41-28)46-14-17-12-31(2,3)15-42(17)4/h6-8,11,16-17H,1,9-10,12-15H2,2-5H3,(H2,38,39). The molecule has 4 heterocycles. The second kappa shape index (κ2) is 11.8. The van der Waals surface area contributed by atoms with Crippen LogP contribution in [0.15, 0.2) is 30.9 Å². The molecule has 4 aromatic rings. The molecule has 15 heteroatoms. The Morgan fingerprint density at radius 2 is 1.98 bits per heavy atom. The maximum absolute atomic E-state index is 16.8. The number of nitrogens with zero attached hydrogens (tertiary/aromatic N) is 6. The van der Waals surface area contributed by atoms with Crippen molar-refractivity contribution in [3.05, 3.63) is 48.1 Å². The summed E-state index contributed by atoms with van der Waals surface area (Å²) in [5.74, 6) is -2.29. The van der Waals surface area contributed by atoms with Crippen LogP contribution in [0.25, 0.3) is 32.2 Å². The largest absolute Gasteiger partial charge is 0.462 e. The van der Waals surface area contributed by atoms with E-state index >= 15 is 4.39 Å². The number of ether oxygens (including phenoxy) is 1. The van der Waals surface area contributed by atoms with Gasteiger partial charge in [0.15, 0.2) is 10.9 Å². The SMILES string of the molecule is C=CC(=O)N1CCC(N(C)c2nc(OCC3CC(C)(C)CN3C)nc3c(F)c(-c4ccc(F)c5sc(N)nc45)c(C(F)(F)F)cc23)C1. The Kier molecular flexibility index (Phi) is 8.27. The third-order valence-electron chi connectivity index (χ3n) is 9.00. The topological polar surface area (TPSA) is 101 Å². The number of likely N-dealkylation sites (N-methyl/N-ethyl adjacent to an activating group) is 2. The average molecular weight is 676 g/mol. The van der Waals surface area contributed by atoms with Gasteiger partial charge in [-0.25, -0.2) is 13.8 Å². The Bertz CT molecular complexity index is 1900. The quantitative estimate of drug-likeness (QED) is 0.185. The minimum absolute atomic E-state index is 0.00872. The zero-order valence-corrected chi connectivity index (χ0v) is 27.1. The summed E-state index contributed by atoms with van der Waals surface area (Å²) in [7, 11) is 3.60. The van der Waals surface area contributed by atoms with E-state index in [-0.39, 0.29) is 74.7 Å². The van der Waals surface area contributed by atoms with Gasteiger partial charge in [-0.1, -0.05) is 31.8 Å². The van der Waals surface area contributed by atoms with Gasteiger partial charge in [0.05, 0.1) is 15.8 Å². The number of carbonyl (C=O) groups is 1. The molecule has 47 heavy (non-hydrogen) atoms. The normalized spacial score (nSPS) is 20.0. The van der Waals surface area contributed by atoms with Crippen LogP contribution >= 0.6 is 11.3 Å². The highest BCUT2D eigenvalue weighted by Gasteiger charge is 2.40. The molecule has 2 atom stereocenters. The third-order valence-corrected chi connectivity index (χ3v) is 9.90. The molecule has 2 saturated heterocycles. The Morgan fingerprint density at radius 1 is 1.23 bits per heavy atom. The molecule has 6 rings (SSSR count). The van der Waals surface area contributed by atoms with E-state index in [2.05, 4.69) is 40.3 Å². The number of nitrogens with two attached hydrogens (primary N) is 1. The highest BCUT2D eigenvalue weighted by Crippen LogP contribution is 2.46. The zero-order valence-electron chi connectivity index (χ0n) is 26.3. The lowest BCUT2D eigenvalue weighted by Gasteiger charge is -2.28. The first-order chi connectivity index (χ1) is 22.1. The number of anilines is 2. The molecule has 2 unspecified atom stereocenters. The van der Waals surface area contributed by atoms with Crippen LogP contribution in [0.1, 0.15) is 32.3 Å². The Hall–Kier alpha value is -4.11. The van der Waals surface area contributed by atoms with E-state index in [0.717, 1.165) is 42.5 Å². The number of hydrogen-bond donors (Lipinski definition) is 1. The number of carbonyl (C=O) groups excluding carboxylic acids is 1. The molecule has 1 amide bonds. The summed E-state index contributed by atoms with van der Waals surface area (Å²) in [6.07, 6.45) is -2.52. The van der Waals surface area contributed by atoms with Crippen LogP contribution in [0, 0.1) is 17.0 Å². The molecule has 2 aliphatic heterocycles. The molecular weight excluding hydrogens is 641 g/mol. The predicted molar refractivity (Wildman–Crippen MR) is 171 cm³/mol. The summed E-state index contributed by atoms with van der Waals surface area (Å²) in [6, 6.07) is 2.28. The lowest BCUT2D eigenvalue weighted by molar-refractivity contribution is -0.137. The number of amides is 1. The lowest BCUT2D eigenvalue weighted by atomic mass is 9.91. The molecule has 0 saturated carbocycles. The van der Waals surface area contributed by atoms with Crippen LogP contribution in [0.3, 0.4) is 0 Å². The van der Waals surface area contributed by atoms with Crippen LogP contribution in [0.5, 0.6) is 6.01 Å². The fourth-order valence-electron chi connectivity index (χ4n) is 6.78. The van der Waals surface area contributed by atoms with Crippen molar-refractivity contribution in [3.63, 3.8) is 0 Å². The van der Waals surface area contributed by atoms with Gasteiger partial charge in [-0.2, -0.15) is 23.1 Å². The maximum atomic E-state index is 16.8. The average Bonchev–Trinajstić information content (AvgIpc) is 3.72. The van der Waals surface area contributed by atoms with Crippen molar-refractivity contribution in [3.8, 4) is 17.1 Å². The Balaban J connectivity index is 1.54. The number of fused-ring (bicyclic) bond motifs is 2. The van der Waals surface area contributed by atoms with Crippen molar-refractivity contribution in [2.24, 2.45) is 5.41 Å². The van der Waals surface area contributed by atoms with E-state index in [1.807, 2.05) is 7.05 Å². The number of nitrogen functional groups attached to an aromatic ring is 1. The number of aromatic nitrogens is 3. The highest BCUT2D eigenvalue weighted by molar-refractivity contribution is 7.22. The van der Waals surface area contributed by atoms with Crippen molar-refractivity contribution in [2.45, 2.75) is 44.9 Å². The molecule has 0 bridgehead atoms. The van der Waals surface area contributed by atoms with Crippen LogP contribution in [0.2, 0.25) is 0 Å². The molecule has 0 spiro atoms. The van der Waals surface area contributed by atoms with Crippen molar-refractivity contribution in [1.29, 1.82) is 0 Å². The second-order valence-electron chi connectivity index (χ2n) is 13.0. The summed E-state index contributed by atoms with van der Waals surface area (Å²) in [5, 5.41) is -0.277. The van der Waals surface area contributed by atoms with Crippen molar-refractivity contribution < 1.29 is 31.5 Å². The zero-order chi connectivity index (χ0) is 34.0. The third kappa shape index (κ3) is 6.06. The highest BCUT2D eigenvalue weighted by atomic mass is 32.1. The van der Waals surface area contributed by atoms with Crippen LogP contribution in [-0.2, 0) is 11.0 Å². The van der Waals surface area contributed by atoms with Gasteiger partial charge < -0.3 is 20.3 Å². The summed E-state index contributed by atoms with van der Waals surface area (Å²) in [6.45, 7) is 9.48. The molecule has 2 aliphatic rings. The smallest absolute Gasteiger partial charge is 0.417 e. The van der Waals surface area contributed by atoms with Crippen LogP contribution < -0.4 is 15.4 Å². The minimum atomic E-state index is -5.03. The maximum Gasteiger partial charge on any atom is 0.417 e. The first-order valence-corrected chi connectivity index (χ1v) is 15.8. The first kappa shape index (κ1) is 32.8. The van der Waals surface area contributed by atoms with E-state index in [1.165, 1.54) is 6.08 Å². The van der Waals surface area contributed by atoms with Gasteiger partial charge in [0.2, 0.25) is 5.91 Å². The lowest BCUT2D eigenvalue weighted by Crippen LogP contribution is -2.37. The van der Waals surface area contributed by atoms with E-state index < -0.39 is 34.5 Å². The van der Waals surface area contributed by atoms with E-state index in [9.17, 15) is 22.4 Å². The van der Waals surface area contributed by atoms with E-state index in [4.69, 9.17) is 10.5 Å². The van der Waals surface area contributed by atoms with E-state index in [0.29, 0.717) is 13.0 Å². The molecule has 0 aliphatic carbocycles. The summed E-state index contributed by atoms with van der Waals surface area (Å²) in [5.41, 5.74) is 2.82. The fourth-order valence-corrected chi connectivity index (χ4v) is 7.55. The van der Waals surface area contributed by atoms with Crippen molar-refractivity contribution >= 4 is 49.3 Å². The molecule has 2 fully saturated rings. The molecule has 9 nitrogen and oxygen atoms in total. The van der Waals surface area contributed by atoms with Gasteiger partial charge >= 0.3 is 12.2 Å². The number of likely N-dealkylation sites (tertiary alicyclic amines) is 2. The van der Waals surface area contributed by atoms with Gasteiger partial charge in [-0.15, -0.1) is 0 Å². The van der Waals surface area contributed by atoms with E-state index in [1.54, 1.807) is 16.8 Å². The molecular formula is C32H34F5N7O2S. The number of benzene rings is 2. The summed E-state index contributed by atoms with van der Waals surface area (Å²) >= 11 is 0.753. The Morgan fingerprint density at radius 3 is 2.64 bits per heavy atom. The number of halogens is 5. The predicted octanol–water partition coefficient (Wildman–Crippen LogP) is 6.12. The molecule has 2 aromatic carbocycles. The number of alkyl halides is 3. The van der Waals surface area contributed by atoms with Crippen molar-refractivity contribution in [2.75, 3.05) is 51.0 Å². The van der Waals surface area contributed by atoms with Gasteiger partial charge in [0.25, 0.3) is 0 Å². The van der Waals surface area contributed by atoms with Gasteiger partial charge in [-0.05, 0) is 49.6 Å². The molecule has 2 N–H and O–H groups in total. The monoisotopic (exact) mass is 675 g/mol.